The first-order valence-corrected chi connectivity index (χ1v) is 10.4. The Morgan fingerprint density at radius 3 is 2.61 bits per heavy atom. The van der Waals surface area contributed by atoms with E-state index < -0.39 is 4.92 Å². The number of nitro benzene ring substituents is 1. The minimum atomic E-state index is -0.409. The zero-order valence-corrected chi connectivity index (χ0v) is 18.1. The van der Waals surface area contributed by atoms with Crippen LogP contribution < -0.4 is 9.64 Å². The number of hydrogen-bond donors (Lipinski definition) is 0. The molecular weight excluding hydrogens is 394 g/mol. The van der Waals surface area contributed by atoms with Crippen molar-refractivity contribution in [3.63, 3.8) is 0 Å². The molecule has 0 amide bonds. The van der Waals surface area contributed by atoms with Gasteiger partial charge in [-0.25, -0.2) is 0 Å². The summed E-state index contributed by atoms with van der Waals surface area (Å²) in [6.07, 6.45) is 2.25. The van der Waals surface area contributed by atoms with Gasteiger partial charge in [-0.3, -0.25) is 15.0 Å². The van der Waals surface area contributed by atoms with E-state index in [0.29, 0.717) is 29.7 Å². The molecule has 0 saturated carbocycles. The van der Waals surface area contributed by atoms with E-state index in [0.717, 1.165) is 25.1 Å². The number of anilines is 1. The van der Waals surface area contributed by atoms with Gasteiger partial charge in [0.05, 0.1) is 30.2 Å². The van der Waals surface area contributed by atoms with E-state index >= 15 is 0 Å². The summed E-state index contributed by atoms with van der Waals surface area (Å²) in [5, 5.41) is 11.5. The molecule has 4 rings (SSSR count). The third kappa shape index (κ3) is 4.41. The Hall–Kier alpha value is -3.32. The van der Waals surface area contributed by atoms with Crippen molar-refractivity contribution in [3.05, 3.63) is 76.0 Å². The lowest BCUT2D eigenvalue weighted by atomic mass is 10.0. The number of nitrogens with zero attached hydrogens (tertiary/aromatic N) is 3. The molecule has 7 nitrogen and oxygen atoms in total. The normalized spacial score (nSPS) is 16.4. The Bertz CT molecular complexity index is 1060. The lowest BCUT2D eigenvalue weighted by Crippen LogP contribution is -2.22. The highest BCUT2D eigenvalue weighted by atomic mass is 16.6. The van der Waals surface area contributed by atoms with Crippen molar-refractivity contribution in [3.8, 4) is 17.1 Å². The van der Waals surface area contributed by atoms with Gasteiger partial charge in [0, 0.05) is 25.8 Å². The maximum atomic E-state index is 11.5. The molecule has 3 aromatic rings. The second-order valence-corrected chi connectivity index (χ2v) is 8.02. The number of hydrogen-bond acceptors (Lipinski definition) is 6. The van der Waals surface area contributed by atoms with Gasteiger partial charge in [0.1, 0.15) is 17.3 Å². The third-order valence-electron chi connectivity index (χ3n) is 5.85. The fourth-order valence-corrected chi connectivity index (χ4v) is 4.19. The van der Waals surface area contributed by atoms with Gasteiger partial charge in [0.2, 0.25) is 0 Å². The number of ether oxygens (including phenoxy) is 1. The van der Waals surface area contributed by atoms with Crippen molar-refractivity contribution in [2.24, 2.45) is 0 Å². The van der Waals surface area contributed by atoms with E-state index in [2.05, 4.69) is 34.1 Å². The molecule has 0 aliphatic carbocycles. The van der Waals surface area contributed by atoms with Crippen molar-refractivity contribution >= 4 is 11.4 Å². The first-order chi connectivity index (χ1) is 15.0. The second-order valence-electron chi connectivity index (χ2n) is 8.02. The molecule has 31 heavy (non-hydrogen) atoms. The fraction of sp³-hybridized carbons (Fsp3) is 0.333. The summed E-state index contributed by atoms with van der Waals surface area (Å²) in [5.74, 6) is 1.75. The molecule has 2 heterocycles. The summed E-state index contributed by atoms with van der Waals surface area (Å²) in [5.41, 5.74) is 2.92. The summed E-state index contributed by atoms with van der Waals surface area (Å²) >= 11 is 0. The monoisotopic (exact) mass is 421 g/mol. The summed E-state index contributed by atoms with van der Waals surface area (Å²) in [6, 6.07) is 17.6. The number of benzene rings is 2. The number of furan rings is 1. The number of nitro groups is 1. The van der Waals surface area contributed by atoms with Crippen molar-refractivity contribution in [1.29, 1.82) is 0 Å². The topological polar surface area (TPSA) is 72.0 Å². The van der Waals surface area contributed by atoms with Crippen LogP contribution in [-0.2, 0) is 6.54 Å². The van der Waals surface area contributed by atoms with E-state index in [4.69, 9.17) is 9.15 Å². The molecule has 0 radical (unpaired) electrons. The average molecular weight is 421 g/mol. The van der Waals surface area contributed by atoms with Crippen LogP contribution in [-0.4, -0.2) is 37.6 Å². The van der Waals surface area contributed by atoms with Crippen LogP contribution in [0.4, 0.5) is 11.4 Å². The Morgan fingerprint density at radius 2 is 1.94 bits per heavy atom. The Labute approximate surface area is 182 Å². The van der Waals surface area contributed by atoms with Crippen LogP contribution in [0.1, 0.15) is 30.2 Å². The zero-order chi connectivity index (χ0) is 22.0. The van der Waals surface area contributed by atoms with Gasteiger partial charge in [-0.15, -0.1) is 0 Å². The van der Waals surface area contributed by atoms with Crippen molar-refractivity contribution in [1.82, 2.24) is 4.90 Å². The van der Waals surface area contributed by atoms with Gasteiger partial charge in [-0.1, -0.05) is 12.1 Å². The van der Waals surface area contributed by atoms with Gasteiger partial charge in [-0.05, 0) is 61.3 Å². The van der Waals surface area contributed by atoms with Crippen LogP contribution in [0.25, 0.3) is 11.3 Å². The van der Waals surface area contributed by atoms with E-state index in [-0.39, 0.29) is 5.69 Å². The quantitative estimate of drug-likeness (QED) is 0.382. The molecule has 1 saturated heterocycles. The van der Waals surface area contributed by atoms with Crippen LogP contribution >= 0.6 is 0 Å². The molecule has 7 heteroatoms. The minimum Gasteiger partial charge on any atom is -0.497 e. The third-order valence-corrected chi connectivity index (χ3v) is 5.85. The van der Waals surface area contributed by atoms with E-state index in [1.54, 1.807) is 18.2 Å². The second kappa shape index (κ2) is 8.81. The average Bonchev–Trinajstić information content (AvgIpc) is 3.43. The van der Waals surface area contributed by atoms with Crippen molar-refractivity contribution in [2.45, 2.75) is 25.4 Å². The summed E-state index contributed by atoms with van der Waals surface area (Å²) < 4.78 is 11.2. The molecule has 162 valence electrons. The van der Waals surface area contributed by atoms with Crippen LogP contribution in [0.15, 0.2) is 59.0 Å². The maximum Gasteiger partial charge on any atom is 0.284 e. The highest BCUT2D eigenvalue weighted by molar-refractivity contribution is 5.71. The Morgan fingerprint density at radius 1 is 1.16 bits per heavy atom. The molecule has 1 aliphatic heterocycles. The lowest BCUT2D eigenvalue weighted by Gasteiger charge is -2.24. The largest absolute Gasteiger partial charge is 0.497 e. The van der Waals surface area contributed by atoms with Crippen molar-refractivity contribution < 1.29 is 14.1 Å². The zero-order valence-electron chi connectivity index (χ0n) is 18.1. The molecule has 1 aromatic heterocycles. The molecule has 0 bridgehead atoms. The van der Waals surface area contributed by atoms with Gasteiger partial charge >= 0.3 is 0 Å². The maximum absolute atomic E-state index is 11.5. The Balaban J connectivity index is 1.53. The summed E-state index contributed by atoms with van der Waals surface area (Å²) in [4.78, 5) is 15.6. The number of rotatable bonds is 7. The number of methoxy groups -OCH3 is 1. The van der Waals surface area contributed by atoms with Gasteiger partial charge in [-0.2, -0.15) is 0 Å². The predicted molar refractivity (Wildman–Crippen MR) is 121 cm³/mol. The van der Waals surface area contributed by atoms with Gasteiger partial charge < -0.3 is 14.1 Å². The van der Waals surface area contributed by atoms with Crippen LogP contribution in [0.5, 0.6) is 5.75 Å². The molecule has 2 aromatic carbocycles. The summed E-state index contributed by atoms with van der Waals surface area (Å²) in [6.45, 7) is 1.67. The first-order valence-electron chi connectivity index (χ1n) is 10.4. The predicted octanol–water partition coefficient (Wildman–Crippen LogP) is 5.27. The number of likely N-dealkylation sites (tertiary alicyclic amines) is 1. The van der Waals surface area contributed by atoms with Crippen LogP contribution in [0.2, 0.25) is 0 Å². The minimum absolute atomic E-state index is 0.0275. The molecule has 1 atom stereocenters. The van der Waals surface area contributed by atoms with Gasteiger partial charge in [0.25, 0.3) is 5.69 Å². The highest BCUT2D eigenvalue weighted by Gasteiger charge is 2.27. The van der Waals surface area contributed by atoms with E-state index in [9.17, 15) is 10.1 Å². The van der Waals surface area contributed by atoms with Crippen LogP contribution in [0, 0.1) is 10.1 Å². The molecule has 0 unspecified atom stereocenters. The van der Waals surface area contributed by atoms with E-state index in [1.807, 2.05) is 20.2 Å². The SMILES string of the molecule is COc1ccc(-c2ccc(CN3CCC[C@@H]3c3ccc(N(C)C)cc3)o2)c([N+](=O)[O-])c1. The van der Waals surface area contributed by atoms with Crippen molar-refractivity contribution in [2.75, 3.05) is 32.6 Å². The lowest BCUT2D eigenvalue weighted by molar-refractivity contribution is -0.384. The van der Waals surface area contributed by atoms with E-state index in [1.165, 1.54) is 24.4 Å². The summed E-state index contributed by atoms with van der Waals surface area (Å²) in [7, 11) is 5.57. The molecule has 1 fully saturated rings. The van der Waals surface area contributed by atoms with Crippen LogP contribution in [0.3, 0.4) is 0 Å². The standard InChI is InChI=1S/C24H27N3O4/c1-25(2)18-8-6-17(7-9-18)22-5-4-14-26(22)16-20-11-13-24(31-20)21-12-10-19(30-3)15-23(21)27(28)29/h6-13,15,22H,4-5,14,16H2,1-3H3/t22-/m1/s1. The molecular formula is C24H27N3O4. The molecule has 0 N–H and O–H groups in total. The molecule has 1 aliphatic rings. The highest BCUT2D eigenvalue weighted by Crippen LogP contribution is 2.37. The molecule has 0 spiro atoms. The Kier molecular flexibility index (Phi) is 5.95. The fourth-order valence-electron chi connectivity index (χ4n) is 4.19. The van der Waals surface area contributed by atoms with Gasteiger partial charge in [0.15, 0.2) is 0 Å². The smallest absolute Gasteiger partial charge is 0.284 e. The first kappa shape index (κ1) is 20.9.